The van der Waals surface area contributed by atoms with Gasteiger partial charge >= 0.3 is 0 Å². The Kier molecular flexibility index (Phi) is 8.93. The van der Waals surface area contributed by atoms with E-state index in [2.05, 4.69) is 234 Å². The molecule has 0 aliphatic heterocycles. The molecule has 75 heavy (non-hydrogen) atoms. The van der Waals surface area contributed by atoms with Crippen molar-refractivity contribution in [1.29, 1.82) is 0 Å². The highest BCUT2D eigenvalue weighted by Gasteiger charge is 2.90. The summed E-state index contributed by atoms with van der Waals surface area (Å²) in [4.78, 5) is 2.58. The molecule has 2 heteroatoms. The number of anilines is 3. The predicted octanol–water partition coefficient (Wildman–Crippen LogP) is 19.4. The molecule has 2 spiro atoms. The molecule has 0 bridgehead atoms. The number of fused-ring (bicyclic) bond motifs is 11. The highest BCUT2D eigenvalue weighted by Crippen LogP contribution is 2.94. The Morgan fingerprint density at radius 2 is 1.03 bits per heavy atom. The molecule has 360 valence electrons. The van der Waals surface area contributed by atoms with Crippen LogP contribution in [0, 0.1) is 29.1 Å². The van der Waals surface area contributed by atoms with Crippen molar-refractivity contribution in [1.82, 2.24) is 4.57 Å². The number of nitrogens with zero attached hydrogens (tertiary/aromatic N) is 2. The van der Waals surface area contributed by atoms with E-state index in [1.807, 2.05) is 0 Å². The van der Waals surface area contributed by atoms with Crippen LogP contribution in [0.4, 0.5) is 17.1 Å². The van der Waals surface area contributed by atoms with Gasteiger partial charge in [-0.1, -0.05) is 195 Å². The number of benzene rings is 10. The van der Waals surface area contributed by atoms with E-state index in [-0.39, 0.29) is 5.41 Å². The molecule has 6 aliphatic rings. The molecule has 0 radical (unpaired) electrons. The van der Waals surface area contributed by atoms with Crippen LogP contribution in [0.15, 0.2) is 224 Å². The maximum atomic E-state index is 2.63. The van der Waals surface area contributed by atoms with Crippen molar-refractivity contribution in [2.24, 2.45) is 29.1 Å². The van der Waals surface area contributed by atoms with Gasteiger partial charge < -0.3 is 9.47 Å². The van der Waals surface area contributed by atoms with Crippen molar-refractivity contribution >= 4 is 49.6 Å². The molecule has 5 fully saturated rings. The number of hydrogen-bond donors (Lipinski definition) is 0. The first kappa shape index (κ1) is 42.4. The number of hydrogen-bond acceptors (Lipinski definition) is 1. The second kappa shape index (κ2) is 15.8. The summed E-state index contributed by atoms with van der Waals surface area (Å²) >= 11 is 0. The van der Waals surface area contributed by atoms with Crippen molar-refractivity contribution in [2.75, 3.05) is 4.90 Å². The van der Waals surface area contributed by atoms with Gasteiger partial charge in [-0.15, -0.1) is 0 Å². The maximum absolute atomic E-state index is 2.63. The molecule has 2 nitrogen and oxygen atoms in total. The molecule has 5 saturated carbocycles. The SMILES string of the molecule is c1ccc(-n2c3ccccc3c3cccc(-c4ccccc4N(c4ccc(-c5ccc6c(c5)C5(c7ccccc7-6)C6CC7CC8CC5C786)cc4)c4ccccc4-c4cccc5cccc(C6CCCCC6)c45)c32)cc1. The molecule has 0 saturated heterocycles. The third-order valence-corrected chi connectivity index (χ3v) is 20.5. The van der Waals surface area contributed by atoms with Crippen molar-refractivity contribution < 1.29 is 0 Å². The zero-order chi connectivity index (χ0) is 49.0. The summed E-state index contributed by atoms with van der Waals surface area (Å²) in [6.07, 6.45) is 10.8. The second-order valence-electron chi connectivity index (χ2n) is 23.3. The number of aromatic nitrogens is 1. The van der Waals surface area contributed by atoms with Crippen molar-refractivity contribution in [3.8, 4) is 50.2 Å². The molecule has 0 amide bonds. The van der Waals surface area contributed by atoms with Gasteiger partial charge in [-0.05, 0) is 171 Å². The summed E-state index contributed by atoms with van der Waals surface area (Å²) < 4.78 is 2.48. The van der Waals surface area contributed by atoms with E-state index < -0.39 is 0 Å². The molecule has 1 heterocycles. The molecule has 4 unspecified atom stereocenters. The van der Waals surface area contributed by atoms with Crippen LogP contribution in [0.5, 0.6) is 0 Å². The lowest BCUT2D eigenvalue weighted by molar-refractivity contribution is -0.412. The van der Waals surface area contributed by atoms with Crippen LogP contribution >= 0.6 is 0 Å². The molecule has 0 N–H and O–H groups in total. The van der Waals surface area contributed by atoms with E-state index in [1.54, 1.807) is 11.1 Å². The van der Waals surface area contributed by atoms with E-state index in [4.69, 9.17) is 0 Å². The topological polar surface area (TPSA) is 8.17 Å². The Bertz CT molecular complexity index is 4100. The average molecular weight is 963 g/mol. The first-order valence-corrected chi connectivity index (χ1v) is 28.1. The van der Waals surface area contributed by atoms with E-state index in [1.165, 1.54) is 140 Å². The van der Waals surface area contributed by atoms with Crippen LogP contribution in [0.1, 0.15) is 74.0 Å². The van der Waals surface area contributed by atoms with Crippen molar-refractivity contribution in [3.63, 3.8) is 0 Å². The van der Waals surface area contributed by atoms with Crippen molar-refractivity contribution in [2.45, 2.75) is 62.7 Å². The monoisotopic (exact) mass is 962 g/mol. The summed E-state index contributed by atoms with van der Waals surface area (Å²) in [7, 11) is 0. The van der Waals surface area contributed by atoms with E-state index in [9.17, 15) is 0 Å². The highest BCUT2D eigenvalue weighted by molar-refractivity contribution is 6.15. The Labute approximate surface area is 439 Å². The lowest BCUT2D eigenvalue weighted by Gasteiger charge is -2.92. The smallest absolute Gasteiger partial charge is 0.0620 e. The van der Waals surface area contributed by atoms with Crippen molar-refractivity contribution in [3.05, 3.63) is 241 Å². The van der Waals surface area contributed by atoms with Crippen LogP contribution in [0.3, 0.4) is 0 Å². The summed E-state index contributed by atoms with van der Waals surface area (Å²) in [6.45, 7) is 0. The van der Waals surface area contributed by atoms with E-state index in [0.717, 1.165) is 40.7 Å². The molecule has 4 atom stereocenters. The molecule has 11 aromatic rings. The average Bonchev–Trinajstić information content (AvgIpc) is 4.18. The largest absolute Gasteiger partial charge is 0.309 e. The van der Waals surface area contributed by atoms with E-state index in [0.29, 0.717) is 11.3 Å². The molecule has 1 aromatic heterocycles. The van der Waals surface area contributed by atoms with Gasteiger partial charge in [0.25, 0.3) is 0 Å². The quantitative estimate of drug-likeness (QED) is 0.147. The van der Waals surface area contributed by atoms with Gasteiger partial charge in [0.15, 0.2) is 0 Å². The summed E-state index contributed by atoms with van der Waals surface area (Å²) in [5.74, 6) is 4.16. The Hall–Kier alpha value is -7.94. The molecule has 10 aromatic carbocycles. The molecule has 17 rings (SSSR count). The number of para-hydroxylation sites is 5. The fourth-order valence-electron chi connectivity index (χ4n) is 17.6. The van der Waals surface area contributed by atoms with Gasteiger partial charge in [-0.3, -0.25) is 0 Å². The third kappa shape index (κ3) is 5.55. The minimum absolute atomic E-state index is 0.188. The lowest BCUT2D eigenvalue weighted by atomic mass is 9.11. The highest BCUT2D eigenvalue weighted by atomic mass is 15.1. The van der Waals surface area contributed by atoms with Crippen LogP contribution in [-0.2, 0) is 5.41 Å². The van der Waals surface area contributed by atoms with Gasteiger partial charge in [-0.2, -0.15) is 0 Å². The van der Waals surface area contributed by atoms with Gasteiger partial charge in [0.2, 0.25) is 0 Å². The summed E-state index contributed by atoms with van der Waals surface area (Å²) in [5.41, 5.74) is 23.1. The molecular weight excluding hydrogens is 905 g/mol. The van der Waals surface area contributed by atoms with Gasteiger partial charge in [0, 0.05) is 44.3 Å². The van der Waals surface area contributed by atoms with Crippen LogP contribution < -0.4 is 4.90 Å². The fraction of sp³-hybridized carbons (Fsp3) is 0.205. The summed E-state index contributed by atoms with van der Waals surface area (Å²) in [5, 5.41) is 5.23. The van der Waals surface area contributed by atoms with Crippen LogP contribution in [0.25, 0.3) is 82.8 Å². The van der Waals surface area contributed by atoms with Gasteiger partial charge in [-0.25, -0.2) is 0 Å². The lowest BCUT2D eigenvalue weighted by Crippen LogP contribution is -2.88. The second-order valence-corrected chi connectivity index (χ2v) is 23.3. The van der Waals surface area contributed by atoms with Crippen LogP contribution in [0.2, 0.25) is 0 Å². The van der Waals surface area contributed by atoms with Gasteiger partial charge in [0.1, 0.15) is 0 Å². The Balaban J connectivity index is 0.859. The Morgan fingerprint density at radius 3 is 1.80 bits per heavy atom. The predicted molar refractivity (Wildman–Crippen MR) is 312 cm³/mol. The van der Waals surface area contributed by atoms with Gasteiger partial charge in [0.05, 0.1) is 22.4 Å². The minimum atomic E-state index is 0.188. The standard InChI is InChI=1S/C73H58N2/c1-3-18-47(19-4-1)54-28-15-20-48-21-16-29-60(70(48)54)57-25-8-12-33-65(57)74(66-34-13-9-26-58(66)61-30-17-31-62-59-27-10-14-35-67(59)75(71(61)62)52-22-5-2-6-23-52)53-39-36-46(37-40-53)49-38-41-56-55-24-7-11-32-63(55)73(64(56)42-49)68-44-50-43-51-45-69(73)72(50,51)68/h2,5-17,20-42,47,50-51,68-69H,1,3-4,18-19,43-45H2. The van der Waals surface area contributed by atoms with Crippen LogP contribution in [-0.4, -0.2) is 4.57 Å². The first-order valence-electron chi connectivity index (χ1n) is 28.1. The number of rotatable bonds is 8. The molecule has 6 aliphatic carbocycles. The van der Waals surface area contributed by atoms with E-state index >= 15 is 0 Å². The molecular formula is C73H58N2. The Morgan fingerprint density at radius 1 is 0.427 bits per heavy atom. The fourth-order valence-corrected chi connectivity index (χ4v) is 17.6. The minimum Gasteiger partial charge on any atom is -0.309 e. The maximum Gasteiger partial charge on any atom is 0.0620 e. The third-order valence-electron chi connectivity index (χ3n) is 20.5. The first-order chi connectivity index (χ1) is 37.2. The zero-order valence-electron chi connectivity index (χ0n) is 42.3. The normalized spacial score (nSPS) is 23.6. The zero-order valence-corrected chi connectivity index (χ0v) is 42.3. The summed E-state index contributed by atoms with van der Waals surface area (Å²) in [6, 6.07) is 85.8.